The Balaban J connectivity index is 1.56. The predicted octanol–water partition coefficient (Wildman–Crippen LogP) is 3.02. The molecule has 28 heavy (non-hydrogen) atoms. The number of carbonyl (C=O) groups is 1. The molecule has 1 aliphatic heterocycles. The molecule has 0 aromatic heterocycles. The van der Waals surface area contributed by atoms with Crippen LogP contribution in [-0.4, -0.2) is 31.8 Å². The zero-order chi connectivity index (χ0) is 20.0. The van der Waals surface area contributed by atoms with Gasteiger partial charge in [-0.15, -0.1) is 0 Å². The van der Waals surface area contributed by atoms with Crippen LogP contribution in [0, 0.1) is 11.3 Å². The van der Waals surface area contributed by atoms with Crippen molar-refractivity contribution < 1.29 is 17.9 Å². The van der Waals surface area contributed by atoms with Crippen LogP contribution in [0.5, 0.6) is 0 Å². The van der Waals surface area contributed by atoms with Gasteiger partial charge in [-0.05, 0) is 48.2 Å². The number of sulfonamides is 1. The van der Waals surface area contributed by atoms with Crippen molar-refractivity contribution in [3.63, 3.8) is 0 Å². The molecule has 3 rings (SSSR count). The van der Waals surface area contributed by atoms with Gasteiger partial charge in [0.2, 0.25) is 10.0 Å². The fourth-order valence-electron chi connectivity index (χ4n) is 3.09. The minimum absolute atomic E-state index is 0.0698. The summed E-state index contributed by atoms with van der Waals surface area (Å²) >= 11 is 0. The van der Waals surface area contributed by atoms with E-state index in [1.165, 1.54) is 4.31 Å². The third kappa shape index (κ3) is 4.97. The molecule has 1 saturated heterocycles. The van der Waals surface area contributed by atoms with E-state index in [2.05, 4.69) is 0 Å². The highest BCUT2D eigenvalue weighted by atomic mass is 32.2. The number of rotatable bonds is 6. The Kier molecular flexibility index (Phi) is 6.45. The van der Waals surface area contributed by atoms with E-state index in [0.717, 1.165) is 24.8 Å². The highest BCUT2D eigenvalue weighted by Crippen LogP contribution is 2.21. The minimum Gasteiger partial charge on any atom is -0.461 e. The van der Waals surface area contributed by atoms with Crippen LogP contribution in [0.1, 0.15) is 36.0 Å². The van der Waals surface area contributed by atoms with Crippen molar-refractivity contribution in [3.8, 4) is 6.07 Å². The van der Waals surface area contributed by atoms with Crippen LogP contribution >= 0.6 is 0 Å². The minimum atomic E-state index is -3.47. The van der Waals surface area contributed by atoms with E-state index in [9.17, 15) is 13.2 Å². The van der Waals surface area contributed by atoms with Crippen molar-refractivity contribution in [1.82, 2.24) is 4.31 Å². The van der Waals surface area contributed by atoms with Crippen molar-refractivity contribution in [1.29, 1.82) is 5.26 Å². The van der Waals surface area contributed by atoms with E-state index in [-0.39, 0.29) is 17.9 Å². The molecule has 0 atom stereocenters. The number of benzene rings is 2. The smallest absolute Gasteiger partial charge is 0.310 e. The fourth-order valence-corrected chi connectivity index (χ4v) is 4.61. The SMILES string of the molecule is N#Cc1ccc(COC(=O)Cc2ccc(S(=O)(=O)N3CCCCC3)cc2)cc1. The predicted molar refractivity (Wildman–Crippen MR) is 104 cm³/mol. The maximum absolute atomic E-state index is 12.6. The van der Waals surface area contributed by atoms with Gasteiger partial charge in [0.25, 0.3) is 0 Å². The van der Waals surface area contributed by atoms with Gasteiger partial charge in [-0.2, -0.15) is 9.57 Å². The molecular formula is C21H22N2O4S. The van der Waals surface area contributed by atoms with Gasteiger partial charge in [-0.1, -0.05) is 30.7 Å². The lowest BCUT2D eigenvalue weighted by Crippen LogP contribution is -2.35. The van der Waals surface area contributed by atoms with Gasteiger partial charge in [0.05, 0.1) is 22.9 Å². The molecule has 0 radical (unpaired) electrons. The summed E-state index contributed by atoms with van der Waals surface area (Å²) in [4.78, 5) is 12.3. The van der Waals surface area contributed by atoms with E-state index < -0.39 is 16.0 Å². The molecule has 1 aliphatic rings. The number of piperidine rings is 1. The lowest BCUT2D eigenvalue weighted by Gasteiger charge is -2.25. The third-order valence-electron chi connectivity index (χ3n) is 4.71. The maximum Gasteiger partial charge on any atom is 0.310 e. The highest BCUT2D eigenvalue weighted by molar-refractivity contribution is 7.89. The normalized spacial score (nSPS) is 15.0. The summed E-state index contributed by atoms with van der Waals surface area (Å²) in [5, 5.41) is 8.78. The van der Waals surface area contributed by atoms with Crippen molar-refractivity contribution in [3.05, 3.63) is 65.2 Å². The van der Waals surface area contributed by atoms with Crippen molar-refractivity contribution >= 4 is 16.0 Å². The summed E-state index contributed by atoms with van der Waals surface area (Å²) < 4.78 is 32.1. The van der Waals surface area contributed by atoms with Gasteiger partial charge < -0.3 is 4.74 Å². The van der Waals surface area contributed by atoms with Gasteiger partial charge in [0.1, 0.15) is 6.61 Å². The van der Waals surface area contributed by atoms with E-state index in [0.29, 0.717) is 24.2 Å². The van der Waals surface area contributed by atoms with E-state index >= 15 is 0 Å². The highest BCUT2D eigenvalue weighted by Gasteiger charge is 2.25. The fraction of sp³-hybridized carbons (Fsp3) is 0.333. The van der Waals surface area contributed by atoms with Crippen molar-refractivity contribution in [2.24, 2.45) is 0 Å². The van der Waals surface area contributed by atoms with Crippen LogP contribution in [0.15, 0.2) is 53.4 Å². The second-order valence-corrected chi connectivity index (χ2v) is 8.69. The summed E-state index contributed by atoms with van der Waals surface area (Å²) in [5.74, 6) is -0.393. The molecule has 146 valence electrons. The largest absolute Gasteiger partial charge is 0.461 e. The molecule has 1 fully saturated rings. The summed E-state index contributed by atoms with van der Waals surface area (Å²) in [6.45, 7) is 1.25. The van der Waals surface area contributed by atoms with Gasteiger partial charge in [0, 0.05) is 13.1 Å². The summed E-state index contributed by atoms with van der Waals surface area (Å²) in [6, 6.07) is 15.3. The molecule has 0 bridgehead atoms. The van der Waals surface area contributed by atoms with Crippen molar-refractivity contribution in [2.45, 2.75) is 37.2 Å². The molecular weight excluding hydrogens is 376 g/mol. The summed E-state index contributed by atoms with van der Waals surface area (Å²) in [6.07, 6.45) is 2.92. The van der Waals surface area contributed by atoms with E-state index in [4.69, 9.17) is 10.00 Å². The monoisotopic (exact) mass is 398 g/mol. The lowest BCUT2D eigenvalue weighted by atomic mass is 10.1. The average Bonchev–Trinajstić information content (AvgIpc) is 2.73. The Hall–Kier alpha value is -2.69. The second-order valence-electron chi connectivity index (χ2n) is 6.75. The standard InChI is InChI=1S/C21H22N2O4S/c22-15-18-4-6-19(7-5-18)16-27-21(24)14-17-8-10-20(11-9-17)28(25,26)23-12-2-1-3-13-23/h4-11H,1-3,12-14,16H2. The van der Waals surface area contributed by atoms with Crippen molar-refractivity contribution in [2.75, 3.05) is 13.1 Å². The van der Waals surface area contributed by atoms with E-state index in [1.807, 2.05) is 6.07 Å². The Bertz CT molecular complexity index is 955. The molecule has 2 aromatic carbocycles. The van der Waals surface area contributed by atoms with Crippen LogP contribution in [0.2, 0.25) is 0 Å². The van der Waals surface area contributed by atoms with Crippen LogP contribution < -0.4 is 0 Å². The Morgan fingerprint density at radius 3 is 2.18 bits per heavy atom. The molecule has 0 amide bonds. The summed E-state index contributed by atoms with van der Waals surface area (Å²) in [7, 11) is -3.47. The Labute approximate surface area is 165 Å². The number of nitriles is 1. The topological polar surface area (TPSA) is 87.5 Å². The van der Waals surface area contributed by atoms with Gasteiger partial charge in [-0.3, -0.25) is 4.79 Å². The molecule has 2 aromatic rings. The third-order valence-corrected chi connectivity index (χ3v) is 6.62. The quantitative estimate of drug-likeness (QED) is 0.698. The first kappa shape index (κ1) is 20.1. The Morgan fingerprint density at radius 1 is 0.964 bits per heavy atom. The molecule has 0 saturated carbocycles. The van der Waals surface area contributed by atoms with Gasteiger partial charge >= 0.3 is 5.97 Å². The van der Waals surface area contributed by atoms with Crippen LogP contribution in [-0.2, 0) is 32.6 Å². The molecule has 0 unspecified atom stereocenters. The zero-order valence-electron chi connectivity index (χ0n) is 15.5. The number of carbonyl (C=O) groups excluding carboxylic acids is 1. The molecule has 0 N–H and O–H groups in total. The first-order valence-corrected chi connectivity index (χ1v) is 10.7. The molecule has 6 nitrogen and oxygen atoms in total. The molecule has 1 heterocycles. The van der Waals surface area contributed by atoms with Crippen LogP contribution in [0.3, 0.4) is 0 Å². The Morgan fingerprint density at radius 2 is 1.57 bits per heavy atom. The average molecular weight is 398 g/mol. The number of hydrogen-bond acceptors (Lipinski definition) is 5. The number of hydrogen-bond donors (Lipinski definition) is 0. The maximum atomic E-state index is 12.6. The number of esters is 1. The molecule has 7 heteroatoms. The van der Waals surface area contributed by atoms with E-state index in [1.54, 1.807) is 48.5 Å². The molecule has 0 aliphatic carbocycles. The van der Waals surface area contributed by atoms with Gasteiger partial charge in [0.15, 0.2) is 0 Å². The lowest BCUT2D eigenvalue weighted by molar-refractivity contribution is -0.144. The first-order chi connectivity index (χ1) is 13.5. The van der Waals surface area contributed by atoms with Crippen LogP contribution in [0.25, 0.3) is 0 Å². The van der Waals surface area contributed by atoms with Gasteiger partial charge in [-0.25, -0.2) is 8.42 Å². The zero-order valence-corrected chi connectivity index (χ0v) is 16.3. The second kappa shape index (κ2) is 9.00. The first-order valence-electron chi connectivity index (χ1n) is 9.23. The molecule has 0 spiro atoms. The van der Waals surface area contributed by atoms with Crippen LogP contribution in [0.4, 0.5) is 0 Å². The number of ether oxygens (including phenoxy) is 1. The summed E-state index contributed by atoms with van der Waals surface area (Å²) in [5.41, 5.74) is 2.05. The number of nitrogens with zero attached hydrogens (tertiary/aromatic N) is 2.